The summed E-state index contributed by atoms with van der Waals surface area (Å²) in [6.07, 6.45) is 8.86. The molecule has 0 saturated carbocycles. The van der Waals surface area contributed by atoms with Crippen molar-refractivity contribution in [3.05, 3.63) is 47.7 Å². The maximum absolute atomic E-state index is 13.6. The normalized spacial score (nSPS) is 24.5. The molecule has 1 aromatic rings. The first kappa shape index (κ1) is 22.6. The molecule has 2 atom stereocenters. The van der Waals surface area contributed by atoms with Gasteiger partial charge in [-0.25, -0.2) is 0 Å². The smallest absolute Gasteiger partial charge is 0.239 e. The summed E-state index contributed by atoms with van der Waals surface area (Å²) in [7, 11) is 0. The van der Waals surface area contributed by atoms with Crippen LogP contribution in [0.25, 0.3) is 0 Å². The van der Waals surface area contributed by atoms with Crippen molar-refractivity contribution in [3.63, 3.8) is 0 Å². The maximum Gasteiger partial charge on any atom is 0.239 e. The van der Waals surface area contributed by atoms with Crippen molar-refractivity contribution in [1.82, 2.24) is 5.32 Å². The predicted molar refractivity (Wildman–Crippen MR) is 131 cm³/mol. The number of nitrogens with zero attached hydrogens (tertiary/aromatic N) is 1. The Morgan fingerprint density at radius 3 is 2.72 bits per heavy atom. The molecule has 1 heterocycles. The van der Waals surface area contributed by atoms with Gasteiger partial charge in [0.1, 0.15) is 0 Å². The van der Waals surface area contributed by atoms with Crippen LogP contribution < -0.4 is 15.5 Å². The van der Waals surface area contributed by atoms with E-state index in [1.165, 1.54) is 0 Å². The van der Waals surface area contributed by atoms with E-state index in [1.807, 2.05) is 12.1 Å². The summed E-state index contributed by atoms with van der Waals surface area (Å²) in [4.78, 5) is 28.8. The third-order valence-electron chi connectivity index (χ3n) is 6.83. The average molecular weight is 436 g/mol. The largest absolute Gasteiger partial charge is 0.357 e. The van der Waals surface area contributed by atoms with E-state index < -0.39 is 0 Å². The first-order valence-electron chi connectivity index (χ1n) is 12.1. The summed E-state index contributed by atoms with van der Waals surface area (Å²) in [5.74, 6) is 0.940. The van der Waals surface area contributed by atoms with Gasteiger partial charge in [-0.1, -0.05) is 52.0 Å². The molecule has 172 valence electrons. The van der Waals surface area contributed by atoms with Crippen LogP contribution in [0.15, 0.2) is 47.7 Å². The molecule has 0 radical (unpaired) electrons. The lowest BCUT2D eigenvalue weighted by Gasteiger charge is -2.41. The fraction of sp³-hybridized carbons (Fsp3) is 0.556. The number of carbonyl (C=O) groups excluding carboxylic acids is 2. The van der Waals surface area contributed by atoms with E-state index >= 15 is 0 Å². The van der Waals surface area contributed by atoms with E-state index in [0.717, 1.165) is 48.3 Å². The summed E-state index contributed by atoms with van der Waals surface area (Å²) in [6.45, 7) is 9.45. The molecular formula is C27H37N3O2. The number of amides is 1. The van der Waals surface area contributed by atoms with Crippen molar-refractivity contribution in [2.75, 3.05) is 23.3 Å². The molecule has 1 amide bonds. The molecule has 32 heavy (non-hydrogen) atoms. The molecule has 0 saturated heterocycles. The second kappa shape index (κ2) is 9.13. The van der Waals surface area contributed by atoms with Crippen LogP contribution in [-0.4, -0.2) is 30.8 Å². The van der Waals surface area contributed by atoms with Gasteiger partial charge in [0.15, 0.2) is 5.78 Å². The highest BCUT2D eigenvalue weighted by Gasteiger charge is 2.43. The fourth-order valence-corrected chi connectivity index (χ4v) is 5.39. The number of rotatable bonds is 5. The second-order valence-electron chi connectivity index (χ2n) is 10.8. The third-order valence-corrected chi connectivity index (χ3v) is 6.83. The van der Waals surface area contributed by atoms with Gasteiger partial charge < -0.3 is 15.5 Å². The molecule has 5 nitrogen and oxygen atoms in total. The molecular weight excluding hydrogens is 398 g/mol. The number of allylic oxidation sites excluding steroid dienone is 3. The molecule has 2 aliphatic carbocycles. The zero-order valence-corrected chi connectivity index (χ0v) is 19.9. The molecule has 5 heteroatoms. The van der Waals surface area contributed by atoms with Crippen LogP contribution in [-0.2, 0) is 9.59 Å². The van der Waals surface area contributed by atoms with E-state index in [1.54, 1.807) is 0 Å². The minimum atomic E-state index is -0.0977. The molecule has 2 N–H and O–H groups in total. The lowest BCUT2D eigenvalue weighted by Crippen LogP contribution is -2.50. The maximum atomic E-state index is 13.6. The van der Waals surface area contributed by atoms with E-state index in [4.69, 9.17) is 0 Å². The number of hydrogen-bond acceptors (Lipinski definition) is 4. The monoisotopic (exact) mass is 435 g/mol. The van der Waals surface area contributed by atoms with Crippen molar-refractivity contribution >= 4 is 23.1 Å². The van der Waals surface area contributed by atoms with Crippen LogP contribution in [0, 0.1) is 17.3 Å². The minimum absolute atomic E-state index is 0.0116. The quantitative estimate of drug-likeness (QED) is 0.635. The molecule has 1 aromatic carbocycles. The summed E-state index contributed by atoms with van der Waals surface area (Å²) >= 11 is 0. The third kappa shape index (κ3) is 4.77. The molecule has 1 aliphatic heterocycles. The van der Waals surface area contributed by atoms with Crippen LogP contribution in [0.5, 0.6) is 0 Å². The molecule has 3 aliphatic rings. The molecule has 4 rings (SSSR count). The van der Waals surface area contributed by atoms with E-state index in [2.05, 4.69) is 67.5 Å². The first-order chi connectivity index (χ1) is 15.2. The number of nitrogens with one attached hydrogen (secondary N) is 2. The Bertz CT molecular complexity index is 944. The molecule has 2 unspecified atom stereocenters. The number of para-hydroxylation sites is 2. The standard InChI is InChI=1S/C27H37N3O2/c1-18(2)16-28-24(32)17-30-22-13-9-8-12-20(22)29-21-14-27(3,4)15-23(31)25(21)26(30)19-10-6-5-7-11-19/h5-6,8-9,12-13,18-19,26,29H,7,10-11,14-17H2,1-4H3,(H,28,32). The van der Waals surface area contributed by atoms with Crippen molar-refractivity contribution in [3.8, 4) is 0 Å². The highest BCUT2D eigenvalue weighted by atomic mass is 16.2. The van der Waals surface area contributed by atoms with Crippen molar-refractivity contribution < 1.29 is 9.59 Å². The van der Waals surface area contributed by atoms with Crippen LogP contribution in [0.1, 0.15) is 59.8 Å². The Morgan fingerprint density at radius 1 is 1.22 bits per heavy atom. The number of carbonyl (C=O) groups is 2. The van der Waals surface area contributed by atoms with E-state index in [9.17, 15) is 9.59 Å². The first-order valence-corrected chi connectivity index (χ1v) is 12.1. The topological polar surface area (TPSA) is 61.4 Å². The number of fused-ring (bicyclic) bond motifs is 1. The Morgan fingerprint density at radius 2 is 2.00 bits per heavy atom. The summed E-state index contributed by atoms with van der Waals surface area (Å²) < 4.78 is 0. The predicted octanol–water partition coefficient (Wildman–Crippen LogP) is 5.06. The van der Waals surface area contributed by atoms with Gasteiger partial charge in [0, 0.05) is 24.2 Å². The minimum Gasteiger partial charge on any atom is -0.357 e. The van der Waals surface area contributed by atoms with Gasteiger partial charge >= 0.3 is 0 Å². The second-order valence-corrected chi connectivity index (χ2v) is 10.8. The van der Waals surface area contributed by atoms with Gasteiger partial charge in [0.25, 0.3) is 0 Å². The Balaban J connectivity index is 1.80. The van der Waals surface area contributed by atoms with Gasteiger partial charge in [0.2, 0.25) is 5.91 Å². The van der Waals surface area contributed by atoms with Gasteiger partial charge in [-0.2, -0.15) is 0 Å². The SMILES string of the molecule is CC(C)CNC(=O)CN1c2ccccc2NC2=C(C(=O)CC(C)(C)C2)C1C1CC=CCC1. The zero-order chi connectivity index (χ0) is 22.9. The number of benzene rings is 1. The molecule has 0 spiro atoms. The van der Waals surface area contributed by atoms with Crippen LogP contribution >= 0.6 is 0 Å². The van der Waals surface area contributed by atoms with Crippen LogP contribution in [0.4, 0.5) is 11.4 Å². The summed E-state index contributed by atoms with van der Waals surface area (Å²) in [6, 6.07) is 8.08. The fourth-order valence-electron chi connectivity index (χ4n) is 5.39. The lowest BCUT2D eigenvalue weighted by atomic mass is 9.71. The number of anilines is 2. The van der Waals surface area contributed by atoms with Crippen LogP contribution in [0.3, 0.4) is 0 Å². The molecule has 0 fully saturated rings. The Hall–Kier alpha value is -2.56. The average Bonchev–Trinajstić information content (AvgIpc) is 2.86. The van der Waals surface area contributed by atoms with Crippen LogP contribution in [0.2, 0.25) is 0 Å². The highest BCUT2D eigenvalue weighted by molar-refractivity contribution is 6.01. The molecule has 0 bridgehead atoms. The van der Waals surface area contributed by atoms with Crippen molar-refractivity contribution in [1.29, 1.82) is 0 Å². The van der Waals surface area contributed by atoms with Crippen molar-refractivity contribution in [2.45, 2.75) is 65.8 Å². The molecule has 0 aromatic heterocycles. The summed E-state index contributed by atoms with van der Waals surface area (Å²) in [5.41, 5.74) is 3.86. The summed E-state index contributed by atoms with van der Waals surface area (Å²) in [5, 5.41) is 6.72. The zero-order valence-electron chi connectivity index (χ0n) is 19.9. The number of ketones is 1. The van der Waals surface area contributed by atoms with Gasteiger partial charge in [-0.15, -0.1) is 0 Å². The van der Waals surface area contributed by atoms with Gasteiger partial charge in [0.05, 0.1) is 24.0 Å². The van der Waals surface area contributed by atoms with Gasteiger partial charge in [-0.3, -0.25) is 9.59 Å². The number of hydrogen-bond donors (Lipinski definition) is 2. The highest BCUT2D eigenvalue weighted by Crippen LogP contribution is 2.46. The van der Waals surface area contributed by atoms with E-state index in [0.29, 0.717) is 24.8 Å². The van der Waals surface area contributed by atoms with Crippen molar-refractivity contribution in [2.24, 2.45) is 17.3 Å². The van der Waals surface area contributed by atoms with E-state index in [-0.39, 0.29) is 29.7 Å². The Labute approximate surface area is 192 Å². The Kier molecular flexibility index (Phi) is 6.45. The lowest BCUT2D eigenvalue weighted by molar-refractivity contribution is -0.121. The number of Topliss-reactive ketones (excluding diaryl/α,β-unsaturated/α-hetero) is 1. The van der Waals surface area contributed by atoms with Gasteiger partial charge in [-0.05, 0) is 55.1 Å².